The van der Waals surface area contributed by atoms with E-state index in [4.69, 9.17) is 4.74 Å². The molecule has 0 spiro atoms. The van der Waals surface area contributed by atoms with Crippen molar-refractivity contribution in [3.63, 3.8) is 0 Å². The number of phenols is 1. The highest BCUT2D eigenvalue weighted by molar-refractivity contribution is 6.35. The van der Waals surface area contributed by atoms with Crippen LogP contribution in [0.5, 0.6) is 11.5 Å². The third-order valence-electron chi connectivity index (χ3n) is 3.70. The minimum absolute atomic E-state index is 0.0897. The van der Waals surface area contributed by atoms with Crippen molar-refractivity contribution in [3.05, 3.63) is 63.7 Å². The number of nitro groups is 1. The molecule has 0 saturated carbocycles. The molecule has 2 amide bonds. The van der Waals surface area contributed by atoms with Gasteiger partial charge in [-0.2, -0.15) is 5.10 Å². The first kappa shape index (κ1) is 21.4. The molecule has 0 fully saturated rings. The maximum Gasteiger partial charge on any atom is 0.329 e. The van der Waals surface area contributed by atoms with Gasteiger partial charge >= 0.3 is 17.5 Å². The Morgan fingerprint density at radius 3 is 2.62 bits per heavy atom. The second-order valence-corrected chi connectivity index (χ2v) is 5.77. The Bertz CT molecular complexity index is 914. The summed E-state index contributed by atoms with van der Waals surface area (Å²) >= 11 is 0. The fourth-order valence-electron chi connectivity index (χ4n) is 2.35. The zero-order chi connectivity index (χ0) is 21.2. The van der Waals surface area contributed by atoms with E-state index >= 15 is 0 Å². The number of nitrogens with one attached hydrogen (secondary N) is 2. The van der Waals surface area contributed by atoms with E-state index in [1.54, 1.807) is 6.92 Å². The van der Waals surface area contributed by atoms with Gasteiger partial charge < -0.3 is 15.2 Å². The van der Waals surface area contributed by atoms with Gasteiger partial charge in [0.15, 0.2) is 5.75 Å². The molecule has 0 saturated heterocycles. The predicted molar refractivity (Wildman–Crippen MR) is 105 cm³/mol. The Hall–Kier alpha value is -3.95. The monoisotopic (exact) mass is 400 g/mol. The van der Waals surface area contributed by atoms with Gasteiger partial charge in [0.2, 0.25) is 5.75 Å². The summed E-state index contributed by atoms with van der Waals surface area (Å²) in [5.41, 5.74) is 2.69. The summed E-state index contributed by atoms with van der Waals surface area (Å²) in [5, 5.41) is 26.9. The number of nitrogens with zero attached hydrogens (tertiary/aromatic N) is 2. The van der Waals surface area contributed by atoms with Crippen molar-refractivity contribution in [1.29, 1.82) is 0 Å². The molecule has 0 heterocycles. The molecule has 0 bridgehead atoms. The fraction of sp³-hybridized carbons (Fsp3) is 0.211. The van der Waals surface area contributed by atoms with Crippen LogP contribution in [-0.4, -0.2) is 41.2 Å². The molecule has 0 atom stereocenters. The summed E-state index contributed by atoms with van der Waals surface area (Å²) in [5.74, 6) is -2.53. The average molecular weight is 400 g/mol. The number of phenolic OH excluding ortho intramolecular Hbond substituents is 1. The summed E-state index contributed by atoms with van der Waals surface area (Å²) in [6, 6.07) is 11.8. The zero-order valence-electron chi connectivity index (χ0n) is 15.6. The molecule has 2 aromatic rings. The molecule has 0 radical (unpaired) electrons. The number of rotatable bonds is 8. The molecule has 0 aliphatic rings. The van der Waals surface area contributed by atoms with Crippen LogP contribution in [0, 0.1) is 10.1 Å². The van der Waals surface area contributed by atoms with E-state index in [9.17, 15) is 24.8 Å². The summed E-state index contributed by atoms with van der Waals surface area (Å²) < 4.78 is 5.15. The van der Waals surface area contributed by atoms with Crippen LogP contribution >= 0.6 is 0 Å². The van der Waals surface area contributed by atoms with Crippen LogP contribution in [-0.2, 0) is 16.0 Å². The summed E-state index contributed by atoms with van der Waals surface area (Å²) in [6.45, 7) is 2.12. The van der Waals surface area contributed by atoms with Crippen LogP contribution in [0.25, 0.3) is 0 Å². The van der Waals surface area contributed by atoms with Crippen molar-refractivity contribution < 1.29 is 24.4 Å². The number of hydrogen-bond donors (Lipinski definition) is 3. The molecule has 10 heteroatoms. The van der Waals surface area contributed by atoms with Crippen molar-refractivity contribution in [3.8, 4) is 11.5 Å². The van der Waals surface area contributed by atoms with Gasteiger partial charge in [0.1, 0.15) is 0 Å². The van der Waals surface area contributed by atoms with E-state index in [0.29, 0.717) is 6.42 Å². The molecule has 3 N–H and O–H groups in total. The fourth-order valence-corrected chi connectivity index (χ4v) is 2.35. The van der Waals surface area contributed by atoms with Gasteiger partial charge in [-0.1, -0.05) is 30.3 Å². The lowest BCUT2D eigenvalue weighted by Crippen LogP contribution is -2.38. The number of amides is 2. The highest BCUT2D eigenvalue weighted by atomic mass is 16.6. The zero-order valence-corrected chi connectivity index (χ0v) is 15.6. The number of ether oxygens (including phenoxy) is 1. The molecule has 0 aliphatic heterocycles. The second kappa shape index (κ2) is 10.4. The van der Waals surface area contributed by atoms with Gasteiger partial charge in [-0.25, -0.2) is 5.43 Å². The lowest BCUT2D eigenvalue weighted by atomic mass is 10.1. The smallest absolute Gasteiger partial charge is 0.329 e. The Morgan fingerprint density at radius 1 is 1.24 bits per heavy atom. The maximum absolute atomic E-state index is 11.8. The van der Waals surface area contributed by atoms with Gasteiger partial charge in [-0.3, -0.25) is 19.7 Å². The molecule has 0 aliphatic carbocycles. The van der Waals surface area contributed by atoms with Crippen LogP contribution < -0.4 is 15.5 Å². The summed E-state index contributed by atoms with van der Waals surface area (Å²) in [7, 11) is 0. The minimum Gasteiger partial charge on any atom is -0.500 e. The molecule has 0 aromatic heterocycles. The van der Waals surface area contributed by atoms with E-state index in [-0.39, 0.29) is 24.5 Å². The van der Waals surface area contributed by atoms with E-state index < -0.39 is 28.2 Å². The minimum atomic E-state index is -0.979. The SMILES string of the molecule is CCOc1cc(/C=N/NC(=O)C(=O)NCCc2ccccc2)cc([N+](=O)[O-])c1O. The highest BCUT2D eigenvalue weighted by Gasteiger charge is 2.20. The van der Waals surface area contributed by atoms with Crippen LogP contribution in [0.1, 0.15) is 18.1 Å². The highest BCUT2D eigenvalue weighted by Crippen LogP contribution is 2.36. The standard InChI is InChI=1S/C19H20N4O6/c1-2-29-16-11-14(10-15(17(16)24)23(27)28)12-21-22-19(26)18(25)20-9-8-13-6-4-3-5-7-13/h3-7,10-12,24H,2,8-9H2,1H3,(H,20,25)(H,22,26)/b21-12+. The normalized spacial score (nSPS) is 10.5. The van der Waals surface area contributed by atoms with E-state index in [1.165, 1.54) is 6.07 Å². The van der Waals surface area contributed by atoms with Crippen molar-refractivity contribution in [2.75, 3.05) is 13.2 Å². The quantitative estimate of drug-likeness (QED) is 0.265. The average Bonchev–Trinajstić information content (AvgIpc) is 2.70. The first-order valence-electron chi connectivity index (χ1n) is 8.71. The maximum atomic E-state index is 11.8. The molecular weight excluding hydrogens is 380 g/mol. The van der Waals surface area contributed by atoms with Crippen LogP contribution in [0.2, 0.25) is 0 Å². The molecule has 29 heavy (non-hydrogen) atoms. The number of hydrazone groups is 1. The topological polar surface area (TPSA) is 143 Å². The van der Waals surface area contributed by atoms with Gasteiger partial charge in [0, 0.05) is 18.2 Å². The summed E-state index contributed by atoms with van der Waals surface area (Å²) in [4.78, 5) is 33.8. The first-order chi connectivity index (χ1) is 13.9. The predicted octanol–water partition coefficient (Wildman–Crippen LogP) is 1.51. The number of aromatic hydroxyl groups is 1. The van der Waals surface area contributed by atoms with Crippen LogP contribution in [0.3, 0.4) is 0 Å². The Balaban J connectivity index is 1.93. The number of carbonyl (C=O) groups excluding carboxylic acids is 2. The van der Waals surface area contributed by atoms with E-state index in [1.807, 2.05) is 35.8 Å². The van der Waals surface area contributed by atoms with Crippen molar-refractivity contribution in [2.24, 2.45) is 5.10 Å². The largest absolute Gasteiger partial charge is 0.500 e. The van der Waals surface area contributed by atoms with Gasteiger partial charge in [-0.15, -0.1) is 0 Å². The molecule has 2 aromatic carbocycles. The van der Waals surface area contributed by atoms with Gasteiger partial charge in [0.25, 0.3) is 0 Å². The molecular formula is C19H20N4O6. The Morgan fingerprint density at radius 2 is 1.97 bits per heavy atom. The van der Waals surface area contributed by atoms with E-state index in [0.717, 1.165) is 17.8 Å². The van der Waals surface area contributed by atoms with Gasteiger partial charge in [0.05, 0.1) is 17.7 Å². The third-order valence-corrected chi connectivity index (χ3v) is 3.70. The molecule has 0 unspecified atom stereocenters. The molecule has 152 valence electrons. The van der Waals surface area contributed by atoms with E-state index in [2.05, 4.69) is 10.4 Å². The number of benzene rings is 2. The molecule has 10 nitrogen and oxygen atoms in total. The second-order valence-electron chi connectivity index (χ2n) is 5.77. The van der Waals surface area contributed by atoms with Crippen molar-refractivity contribution >= 4 is 23.7 Å². The first-order valence-corrected chi connectivity index (χ1v) is 8.71. The van der Waals surface area contributed by atoms with Crippen LogP contribution in [0.4, 0.5) is 5.69 Å². The third kappa shape index (κ3) is 6.31. The lowest BCUT2D eigenvalue weighted by Gasteiger charge is -2.07. The van der Waals surface area contributed by atoms with Crippen molar-refractivity contribution in [2.45, 2.75) is 13.3 Å². The van der Waals surface area contributed by atoms with Gasteiger partial charge in [-0.05, 0) is 25.0 Å². The summed E-state index contributed by atoms with van der Waals surface area (Å²) in [6.07, 6.45) is 1.67. The Labute approximate surface area is 166 Å². The lowest BCUT2D eigenvalue weighted by molar-refractivity contribution is -0.386. The number of carbonyl (C=O) groups is 2. The number of hydrogen-bond acceptors (Lipinski definition) is 7. The number of nitro benzene ring substituents is 1. The van der Waals surface area contributed by atoms with Crippen LogP contribution in [0.15, 0.2) is 47.6 Å². The Kier molecular flexibility index (Phi) is 7.66. The van der Waals surface area contributed by atoms with Crippen molar-refractivity contribution in [1.82, 2.24) is 10.7 Å². The molecule has 2 rings (SSSR count).